The summed E-state index contributed by atoms with van der Waals surface area (Å²) in [5.41, 5.74) is 3.14. The van der Waals surface area contributed by atoms with Gasteiger partial charge >= 0.3 is 0 Å². The summed E-state index contributed by atoms with van der Waals surface area (Å²) in [4.78, 5) is 0. The van der Waals surface area contributed by atoms with Crippen molar-refractivity contribution in [2.45, 2.75) is 25.7 Å². The lowest BCUT2D eigenvalue weighted by atomic mass is 9.96. The molecule has 0 spiro atoms. The Hall–Kier alpha value is -1.35. The van der Waals surface area contributed by atoms with Gasteiger partial charge in [-0.1, -0.05) is 19.1 Å². The van der Waals surface area contributed by atoms with E-state index < -0.39 is 0 Å². The second-order valence-electron chi connectivity index (χ2n) is 4.71. The van der Waals surface area contributed by atoms with E-state index in [4.69, 9.17) is 11.6 Å². The minimum Gasteiger partial charge on any atom is -0.272 e. The van der Waals surface area contributed by atoms with Crippen LogP contribution in [0.3, 0.4) is 0 Å². The zero-order chi connectivity index (χ0) is 13.8. The van der Waals surface area contributed by atoms with Crippen LogP contribution in [0.1, 0.15) is 29.8 Å². The van der Waals surface area contributed by atoms with Gasteiger partial charge in [-0.2, -0.15) is 5.10 Å². The fourth-order valence-electron chi connectivity index (χ4n) is 2.21. The molecule has 0 aliphatic carbocycles. The Morgan fingerprint density at radius 3 is 2.74 bits per heavy atom. The predicted molar refractivity (Wildman–Crippen MR) is 76.2 cm³/mol. The molecule has 2 rings (SSSR count). The molecule has 0 bridgehead atoms. The van der Waals surface area contributed by atoms with Crippen LogP contribution in [0.15, 0.2) is 30.3 Å². The van der Waals surface area contributed by atoms with Crippen LogP contribution in [0.5, 0.6) is 0 Å². The first kappa shape index (κ1) is 14.1. The smallest absolute Gasteiger partial charge is 0.123 e. The standard InChI is InChI=1S/C15H18ClFN2/c1-3-14-9-15(19(2)18-14)8-12(10-16)11-5-4-6-13(17)7-11/h4-7,9,12H,3,8,10H2,1-2H3. The van der Waals surface area contributed by atoms with Gasteiger partial charge in [-0.15, -0.1) is 11.6 Å². The zero-order valence-corrected chi connectivity index (χ0v) is 12.0. The van der Waals surface area contributed by atoms with Gasteiger partial charge in [0.25, 0.3) is 0 Å². The van der Waals surface area contributed by atoms with Crippen molar-refractivity contribution in [2.75, 3.05) is 5.88 Å². The molecule has 2 aromatic rings. The number of hydrogen-bond acceptors (Lipinski definition) is 1. The molecular formula is C15H18ClFN2. The normalized spacial score (nSPS) is 12.6. The average molecular weight is 281 g/mol. The summed E-state index contributed by atoms with van der Waals surface area (Å²) in [5, 5.41) is 4.43. The molecule has 2 nitrogen and oxygen atoms in total. The Kier molecular flexibility index (Phi) is 4.59. The highest BCUT2D eigenvalue weighted by Gasteiger charge is 2.15. The van der Waals surface area contributed by atoms with E-state index >= 15 is 0 Å². The fourth-order valence-corrected chi connectivity index (χ4v) is 2.50. The van der Waals surface area contributed by atoms with E-state index in [0.29, 0.717) is 5.88 Å². The first-order valence-electron chi connectivity index (χ1n) is 6.47. The van der Waals surface area contributed by atoms with Crippen molar-refractivity contribution < 1.29 is 4.39 Å². The van der Waals surface area contributed by atoms with Crippen LogP contribution >= 0.6 is 11.6 Å². The summed E-state index contributed by atoms with van der Waals surface area (Å²) in [6.45, 7) is 2.08. The van der Waals surface area contributed by atoms with Gasteiger partial charge in [-0.05, 0) is 36.6 Å². The second-order valence-corrected chi connectivity index (χ2v) is 5.02. The van der Waals surface area contributed by atoms with E-state index in [1.54, 1.807) is 12.1 Å². The minimum absolute atomic E-state index is 0.109. The van der Waals surface area contributed by atoms with E-state index in [1.165, 1.54) is 6.07 Å². The molecule has 0 amide bonds. The maximum atomic E-state index is 13.3. The molecular weight excluding hydrogens is 263 g/mol. The molecule has 0 fully saturated rings. The Morgan fingerprint density at radius 1 is 1.37 bits per heavy atom. The molecule has 1 heterocycles. The molecule has 1 aromatic carbocycles. The SMILES string of the molecule is CCc1cc(CC(CCl)c2cccc(F)c2)n(C)n1. The number of benzene rings is 1. The van der Waals surface area contributed by atoms with E-state index in [-0.39, 0.29) is 11.7 Å². The van der Waals surface area contributed by atoms with E-state index in [0.717, 1.165) is 29.8 Å². The molecule has 0 N–H and O–H groups in total. The molecule has 19 heavy (non-hydrogen) atoms. The largest absolute Gasteiger partial charge is 0.272 e. The topological polar surface area (TPSA) is 17.8 Å². The quantitative estimate of drug-likeness (QED) is 0.764. The van der Waals surface area contributed by atoms with Gasteiger partial charge in [0.2, 0.25) is 0 Å². The van der Waals surface area contributed by atoms with Crippen molar-refractivity contribution in [3.8, 4) is 0 Å². The van der Waals surface area contributed by atoms with Crippen molar-refractivity contribution in [1.29, 1.82) is 0 Å². The van der Waals surface area contributed by atoms with Gasteiger partial charge in [-0.25, -0.2) is 4.39 Å². The van der Waals surface area contributed by atoms with Gasteiger partial charge in [-0.3, -0.25) is 4.68 Å². The van der Waals surface area contributed by atoms with Crippen LogP contribution in [-0.4, -0.2) is 15.7 Å². The maximum absolute atomic E-state index is 13.3. The van der Waals surface area contributed by atoms with E-state index in [2.05, 4.69) is 18.1 Å². The molecule has 1 aromatic heterocycles. The highest BCUT2D eigenvalue weighted by atomic mass is 35.5. The number of aryl methyl sites for hydroxylation is 2. The molecule has 0 radical (unpaired) electrons. The van der Waals surface area contributed by atoms with Crippen LogP contribution in [0.2, 0.25) is 0 Å². The van der Waals surface area contributed by atoms with Crippen molar-refractivity contribution in [2.24, 2.45) is 7.05 Å². The van der Waals surface area contributed by atoms with Crippen molar-refractivity contribution in [3.63, 3.8) is 0 Å². The fraction of sp³-hybridized carbons (Fsp3) is 0.400. The Bertz CT molecular complexity index is 551. The molecule has 0 saturated carbocycles. The summed E-state index contributed by atoms with van der Waals surface area (Å²) in [6.07, 6.45) is 1.69. The molecule has 0 aliphatic heterocycles. The predicted octanol–water partition coefficient (Wildman–Crippen LogP) is 3.69. The van der Waals surface area contributed by atoms with Crippen LogP contribution in [0, 0.1) is 5.82 Å². The van der Waals surface area contributed by atoms with Gasteiger partial charge in [0.1, 0.15) is 5.82 Å². The van der Waals surface area contributed by atoms with Gasteiger partial charge < -0.3 is 0 Å². The molecule has 0 aliphatic rings. The van der Waals surface area contributed by atoms with Gasteiger partial charge in [0.05, 0.1) is 5.69 Å². The highest BCUT2D eigenvalue weighted by molar-refractivity contribution is 6.18. The summed E-state index contributed by atoms with van der Waals surface area (Å²) in [7, 11) is 1.94. The number of alkyl halides is 1. The van der Waals surface area contributed by atoms with Crippen molar-refractivity contribution >= 4 is 11.6 Å². The third kappa shape index (κ3) is 3.35. The molecule has 102 valence electrons. The lowest BCUT2D eigenvalue weighted by Gasteiger charge is -2.14. The maximum Gasteiger partial charge on any atom is 0.123 e. The molecule has 1 atom stereocenters. The summed E-state index contributed by atoms with van der Waals surface area (Å²) < 4.78 is 15.2. The third-order valence-electron chi connectivity index (χ3n) is 3.35. The second kappa shape index (κ2) is 6.20. The zero-order valence-electron chi connectivity index (χ0n) is 11.2. The van der Waals surface area contributed by atoms with Crippen LogP contribution in [0.4, 0.5) is 4.39 Å². The minimum atomic E-state index is -0.216. The Balaban J connectivity index is 2.21. The van der Waals surface area contributed by atoms with Crippen molar-refractivity contribution in [3.05, 3.63) is 53.1 Å². The van der Waals surface area contributed by atoms with Gasteiger partial charge in [0, 0.05) is 24.5 Å². The first-order valence-corrected chi connectivity index (χ1v) is 7.00. The molecule has 4 heteroatoms. The number of halogens is 2. The lowest BCUT2D eigenvalue weighted by molar-refractivity contribution is 0.616. The monoisotopic (exact) mass is 280 g/mol. The number of aromatic nitrogens is 2. The number of nitrogens with zero attached hydrogens (tertiary/aromatic N) is 2. The summed E-state index contributed by atoms with van der Waals surface area (Å²) in [5.74, 6) is 0.361. The molecule has 0 saturated heterocycles. The van der Waals surface area contributed by atoms with Crippen LogP contribution in [0.25, 0.3) is 0 Å². The van der Waals surface area contributed by atoms with E-state index in [9.17, 15) is 4.39 Å². The van der Waals surface area contributed by atoms with E-state index in [1.807, 2.05) is 17.8 Å². The van der Waals surface area contributed by atoms with Gasteiger partial charge in [0.15, 0.2) is 0 Å². The number of rotatable bonds is 5. The third-order valence-corrected chi connectivity index (χ3v) is 3.72. The Labute approximate surface area is 118 Å². The molecule has 1 unspecified atom stereocenters. The Morgan fingerprint density at radius 2 is 2.16 bits per heavy atom. The number of hydrogen-bond donors (Lipinski definition) is 0. The first-order chi connectivity index (χ1) is 9.13. The van der Waals surface area contributed by atoms with Crippen molar-refractivity contribution in [1.82, 2.24) is 9.78 Å². The summed E-state index contributed by atoms with van der Waals surface area (Å²) >= 11 is 6.05. The highest BCUT2D eigenvalue weighted by Crippen LogP contribution is 2.23. The van der Waals surface area contributed by atoms with Crippen LogP contribution < -0.4 is 0 Å². The summed E-state index contributed by atoms with van der Waals surface area (Å²) in [6, 6.07) is 8.76. The lowest BCUT2D eigenvalue weighted by Crippen LogP contribution is -2.08. The van der Waals surface area contributed by atoms with Crippen LogP contribution in [-0.2, 0) is 19.9 Å². The average Bonchev–Trinajstić information content (AvgIpc) is 2.76.